The van der Waals surface area contributed by atoms with Gasteiger partial charge in [-0.2, -0.15) is 0 Å². The average Bonchev–Trinajstić information content (AvgIpc) is 3.00. The third-order valence-corrected chi connectivity index (χ3v) is 2.65. The largest absolute Gasteiger partial charge is 0.445 e. The smallest absolute Gasteiger partial charge is 0.235 e. The van der Waals surface area contributed by atoms with Gasteiger partial charge in [0.05, 0.1) is 6.54 Å². The summed E-state index contributed by atoms with van der Waals surface area (Å²) in [7, 11) is 0. The summed E-state index contributed by atoms with van der Waals surface area (Å²) in [5, 5.41) is 2.67. The van der Waals surface area contributed by atoms with Crippen molar-refractivity contribution in [1.29, 1.82) is 0 Å². The highest BCUT2D eigenvalue weighted by Gasteiger charge is 2.29. The predicted molar refractivity (Wildman–Crippen MR) is 55.8 cm³/mol. The molecule has 5 heteroatoms. The minimum atomic E-state index is -0.188. The Labute approximate surface area is 93.0 Å². The number of carbonyl (C=O) groups is 1. The van der Waals surface area contributed by atoms with Gasteiger partial charge in [-0.25, -0.2) is 4.98 Å². The zero-order chi connectivity index (χ0) is 10.8. The normalized spacial score (nSPS) is 15.3. The van der Waals surface area contributed by atoms with Gasteiger partial charge in [0, 0.05) is 5.92 Å². The van der Waals surface area contributed by atoms with E-state index in [0.717, 1.165) is 30.2 Å². The van der Waals surface area contributed by atoms with Crippen molar-refractivity contribution in [2.75, 3.05) is 5.88 Å². The molecule has 1 aliphatic rings. The highest BCUT2D eigenvalue weighted by atomic mass is 35.5. The van der Waals surface area contributed by atoms with Gasteiger partial charge in [-0.05, 0) is 19.8 Å². The lowest BCUT2D eigenvalue weighted by Crippen LogP contribution is -2.24. The highest BCUT2D eigenvalue weighted by Crippen LogP contribution is 2.39. The number of alkyl halides is 1. The van der Waals surface area contributed by atoms with Gasteiger partial charge in [0.25, 0.3) is 0 Å². The lowest BCUT2D eigenvalue weighted by molar-refractivity contribution is -0.118. The zero-order valence-electron chi connectivity index (χ0n) is 8.55. The Hall–Kier alpha value is -1.03. The van der Waals surface area contributed by atoms with Gasteiger partial charge in [0.15, 0.2) is 5.89 Å². The number of amides is 1. The number of nitrogens with one attached hydrogen (secondary N) is 1. The van der Waals surface area contributed by atoms with Crippen LogP contribution in [0.5, 0.6) is 0 Å². The summed E-state index contributed by atoms with van der Waals surface area (Å²) in [6.07, 6.45) is 2.32. The highest BCUT2D eigenvalue weighted by molar-refractivity contribution is 6.27. The monoisotopic (exact) mass is 228 g/mol. The topological polar surface area (TPSA) is 55.1 Å². The summed E-state index contributed by atoms with van der Waals surface area (Å²) in [5.74, 6) is 1.88. The molecule has 1 saturated carbocycles. The molecule has 1 fully saturated rings. The van der Waals surface area contributed by atoms with Crippen LogP contribution in [-0.2, 0) is 11.3 Å². The molecule has 1 heterocycles. The molecule has 15 heavy (non-hydrogen) atoms. The summed E-state index contributed by atoms with van der Waals surface area (Å²) in [4.78, 5) is 15.3. The Balaban J connectivity index is 1.98. The van der Waals surface area contributed by atoms with Crippen molar-refractivity contribution >= 4 is 17.5 Å². The Morgan fingerprint density at radius 3 is 3.00 bits per heavy atom. The van der Waals surface area contributed by atoms with E-state index in [1.807, 2.05) is 6.92 Å². The fourth-order valence-corrected chi connectivity index (χ4v) is 1.44. The van der Waals surface area contributed by atoms with Crippen molar-refractivity contribution in [2.45, 2.75) is 32.2 Å². The molecular weight excluding hydrogens is 216 g/mol. The second-order valence-corrected chi connectivity index (χ2v) is 4.01. The number of hydrogen-bond donors (Lipinski definition) is 1. The SMILES string of the molecule is Cc1oc(C2CC2)nc1CNC(=O)CCl. The fraction of sp³-hybridized carbons (Fsp3) is 0.600. The Morgan fingerprint density at radius 1 is 1.67 bits per heavy atom. The molecule has 2 rings (SSSR count). The number of halogens is 1. The summed E-state index contributed by atoms with van der Waals surface area (Å²) < 4.78 is 5.51. The lowest BCUT2D eigenvalue weighted by Gasteiger charge is -1.98. The number of carbonyl (C=O) groups excluding carboxylic acids is 1. The summed E-state index contributed by atoms with van der Waals surface area (Å²) >= 11 is 5.37. The van der Waals surface area contributed by atoms with Gasteiger partial charge >= 0.3 is 0 Å². The first-order valence-electron chi connectivity index (χ1n) is 4.99. The molecule has 0 aromatic carbocycles. The summed E-state index contributed by atoms with van der Waals surface area (Å²) in [6, 6.07) is 0. The number of oxazole rings is 1. The van der Waals surface area contributed by atoms with Crippen molar-refractivity contribution in [2.24, 2.45) is 0 Å². The minimum Gasteiger partial charge on any atom is -0.445 e. The van der Waals surface area contributed by atoms with E-state index in [9.17, 15) is 4.79 Å². The van der Waals surface area contributed by atoms with Crippen molar-refractivity contribution in [3.8, 4) is 0 Å². The van der Waals surface area contributed by atoms with E-state index in [-0.39, 0.29) is 11.8 Å². The van der Waals surface area contributed by atoms with Crippen LogP contribution < -0.4 is 5.32 Å². The van der Waals surface area contributed by atoms with E-state index < -0.39 is 0 Å². The molecule has 1 N–H and O–H groups in total. The number of nitrogens with zero attached hydrogens (tertiary/aromatic N) is 1. The van der Waals surface area contributed by atoms with Crippen LogP contribution in [0.4, 0.5) is 0 Å². The van der Waals surface area contributed by atoms with Gasteiger partial charge in [-0.1, -0.05) is 0 Å². The van der Waals surface area contributed by atoms with Gasteiger partial charge in [-0.3, -0.25) is 4.79 Å². The maximum Gasteiger partial charge on any atom is 0.235 e. The Bertz CT molecular complexity index is 371. The minimum absolute atomic E-state index is 0.0214. The van der Waals surface area contributed by atoms with E-state index in [2.05, 4.69) is 10.3 Å². The van der Waals surface area contributed by atoms with E-state index in [4.69, 9.17) is 16.0 Å². The molecule has 1 aliphatic carbocycles. The van der Waals surface area contributed by atoms with Crippen LogP contribution in [0, 0.1) is 6.92 Å². The lowest BCUT2D eigenvalue weighted by atomic mass is 10.3. The molecule has 0 saturated heterocycles. The van der Waals surface area contributed by atoms with Crippen molar-refractivity contribution in [1.82, 2.24) is 10.3 Å². The second kappa shape index (κ2) is 4.23. The molecule has 0 bridgehead atoms. The first-order chi connectivity index (χ1) is 7.20. The molecule has 0 spiro atoms. The maximum absolute atomic E-state index is 10.9. The van der Waals surface area contributed by atoms with E-state index in [1.165, 1.54) is 0 Å². The molecular formula is C10H13ClN2O2. The molecule has 0 atom stereocenters. The van der Waals surface area contributed by atoms with Crippen LogP contribution >= 0.6 is 11.6 Å². The molecule has 82 valence electrons. The van der Waals surface area contributed by atoms with E-state index in [0.29, 0.717) is 12.5 Å². The standard InChI is InChI=1S/C10H13ClN2O2/c1-6-8(5-12-9(14)4-11)13-10(15-6)7-2-3-7/h7H,2-5H2,1H3,(H,12,14). The van der Waals surface area contributed by atoms with Crippen LogP contribution in [0.2, 0.25) is 0 Å². The van der Waals surface area contributed by atoms with Gasteiger partial charge in [0.1, 0.15) is 17.3 Å². The molecule has 1 aromatic heterocycles. The molecule has 1 amide bonds. The van der Waals surface area contributed by atoms with Crippen LogP contribution in [0.3, 0.4) is 0 Å². The number of hydrogen-bond acceptors (Lipinski definition) is 3. The summed E-state index contributed by atoms with van der Waals surface area (Å²) in [6.45, 7) is 2.26. The first kappa shape index (κ1) is 10.5. The van der Waals surface area contributed by atoms with Gasteiger partial charge in [0.2, 0.25) is 5.91 Å². The number of rotatable bonds is 4. The Kier molecular flexibility index (Phi) is 2.95. The third kappa shape index (κ3) is 2.50. The number of aryl methyl sites for hydroxylation is 1. The van der Waals surface area contributed by atoms with Crippen molar-refractivity contribution < 1.29 is 9.21 Å². The van der Waals surface area contributed by atoms with Crippen molar-refractivity contribution in [3.63, 3.8) is 0 Å². The van der Waals surface area contributed by atoms with E-state index >= 15 is 0 Å². The molecule has 0 unspecified atom stereocenters. The second-order valence-electron chi connectivity index (χ2n) is 3.74. The molecule has 0 radical (unpaired) electrons. The van der Waals surface area contributed by atoms with Crippen LogP contribution in [0.1, 0.15) is 36.1 Å². The third-order valence-electron chi connectivity index (χ3n) is 2.41. The number of aromatic nitrogens is 1. The van der Waals surface area contributed by atoms with Crippen molar-refractivity contribution in [3.05, 3.63) is 17.3 Å². The summed E-state index contributed by atoms with van der Waals surface area (Å²) in [5.41, 5.74) is 0.801. The predicted octanol–water partition coefficient (Wildman–Crippen LogP) is 1.72. The van der Waals surface area contributed by atoms with E-state index in [1.54, 1.807) is 0 Å². The first-order valence-corrected chi connectivity index (χ1v) is 5.53. The maximum atomic E-state index is 10.9. The van der Waals surface area contributed by atoms with Gasteiger partial charge in [-0.15, -0.1) is 11.6 Å². The molecule has 1 aromatic rings. The van der Waals surface area contributed by atoms with Crippen LogP contribution in [-0.4, -0.2) is 16.8 Å². The quantitative estimate of drug-likeness (QED) is 0.799. The van der Waals surface area contributed by atoms with Crippen LogP contribution in [0.15, 0.2) is 4.42 Å². The zero-order valence-corrected chi connectivity index (χ0v) is 9.30. The van der Waals surface area contributed by atoms with Crippen LogP contribution in [0.25, 0.3) is 0 Å². The average molecular weight is 229 g/mol. The van der Waals surface area contributed by atoms with Gasteiger partial charge < -0.3 is 9.73 Å². The molecule has 4 nitrogen and oxygen atoms in total. The fourth-order valence-electron chi connectivity index (χ4n) is 1.35. The Morgan fingerprint density at radius 2 is 2.40 bits per heavy atom. The molecule has 0 aliphatic heterocycles.